The van der Waals surface area contributed by atoms with E-state index in [9.17, 15) is 0 Å². The summed E-state index contributed by atoms with van der Waals surface area (Å²) in [7, 11) is 0. The molecule has 1 N–H and O–H groups in total. The minimum atomic E-state index is 0.223. The van der Waals surface area contributed by atoms with Crippen LogP contribution in [0.5, 0.6) is 0 Å². The number of fused-ring (bicyclic) bond motifs is 3. The van der Waals surface area contributed by atoms with Crippen LogP contribution in [0.3, 0.4) is 0 Å². The van der Waals surface area contributed by atoms with Gasteiger partial charge in [-0.25, -0.2) is 0 Å². The molecular formula is C20H20N2. The summed E-state index contributed by atoms with van der Waals surface area (Å²) >= 11 is 0. The summed E-state index contributed by atoms with van der Waals surface area (Å²) in [6.07, 6.45) is 0.650. The Bertz CT molecular complexity index is 924. The van der Waals surface area contributed by atoms with Crippen molar-refractivity contribution in [2.24, 2.45) is 11.3 Å². The van der Waals surface area contributed by atoms with Gasteiger partial charge in [-0.3, -0.25) is 0 Å². The van der Waals surface area contributed by atoms with Crippen LogP contribution < -0.4 is 0 Å². The van der Waals surface area contributed by atoms with Gasteiger partial charge in [0.25, 0.3) is 0 Å². The van der Waals surface area contributed by atoms with E-state index in [0.29, 0.717) is 18.3 Å². The maximum absolute atomic E-state index is 9.09. The monoisotopic (exact) mass is 288 g/mol. The van der Waals surface area contributed by atoms with Crippen molar-refractivity contribution in [1.29, 1.82) is 5.26 Å². The maximum atomic E-state index is 9.09. The predicted molar refractivity (Wildman–Crippen MR) is 90.8 cm³/mol. The number of rotatable bonds is 2. The highest BCUT2D eigenvalue weighted by atomic mass is 14.7. The Labute approximate surface area is 130 Å². The van der Waals surface area contributed by atoms with E-state index in [1.54, 1.807) is 0 Å². The molecular weight excluding hydrogens is 268 g/mol. The zero-order valence-electron chi connectivity index (χ0n) is 13.3. The predicted octanol–water partition coefficient (Wildman–Crippen LogP) is 5.28. The Balaban J connectivity index is 1.95. The molecule has 110 valence electrons. The Kier molecular flexibility index (Phi) is 2.66. The van der Waals surface area contributed by atoms with E-state index in [1.807, 2.05) is 0 Å². The van der Waals surface area contributed by atoms with Crippen LogP contribution >= 0.6 is 0 Å². The summed E-state index contributed by atoms with van der Waals surface area (Å²) in [5.74, 6) is 0.962. The van der Waals surface area contributed by atoms with Crippen LogP contribution in [-0.4, -0.2) is 4.98 Å². The van der Waals surface area contributed by atoms with Gasteiger partial charge in [0.05, 0.1) is 11.6 Å². The molecule has 4 rings (SSSR count). The number of aryl methyl sites for hydroxylation is 1. The lowest BCUT2D eigenvalue weighted by molar-refractivity contribution is 0.559. The van der Waals surface area contributed by atoms with E-state index in [0.717, 1.165) is 0 Å². The van der Waals surface area contributed by atoms with Crippen molar-refractivity contribution in [3.8, 4) is 6.07 Å². The van der Waals surface area contributed by atoms with Crippen LogP contribution in [0.4, 0.5) is 0 Å². The van der Waals surface area contributed by atoms with E-state index < -0.39 is 0 Å². The molecule has 2 heteroatoms. The Morgan fingerprint density at radius 1 is 1.14 bits per heavy atom. The SMILES string of the molecule is Cc1[nH]c2c(ccc3ccccc32)c1[C@H]1[C@H](CC#N)C1(C)C. The normalized spacial score (nSPS) is 22.8. The van der Waals surface area contributed by atoms with Crippen LogP contribution in [0.25, 0.3) is 21.7 Å². The molecule has 1 saturated carbocycles. The van der Waals surface area contributed by atoms with Gasteiger partial charge in [-0.2, -0.15) is 5.26 Å². The van der Waals surface area contributed by atoms with Gasteiger partial charge in [0, 0.05) is 22.9 Å². The number of aromatic nitrogens is 1. The first kappa shape index (κ1) is 13.4. The molecule has 1 fully saturated rings. The van der Waals surface area contributed by atoms with E-state index in [-0.39, 0.29) is 5.41 Å². The molecule has 0 radical (unpaired) electrons. The van der Waals surface area contributed by atoms with E-state index in [1.165, 1.54) is 32.9 Å². The van der Waals surface area contributed by atoms with Crippen LogP contribution in [0.1, 0.15) is 37.4 Å². The fraction of sp³-hybridized carbons (Fsp3) is 0.350. The van der Waals surface area contributed by atoms with Gasteiger partial charge in [-0.15, -0.1) is 0 Å². The molecule has 0 aliphatic heterocycles. The standard InChI is InChI=1S/C20H20N2/c1-12-17(18-16(10-11-21)20(18,2)3)15-9-8-13-6-4-5-7-14(13)19(15)22-12/h4-9,16,18,22H,10H2,1-3H3/t16-,18+/m0/s1. The van der Waals surface area contributed by atoms with Crippen LogP contribution in [0, 0.1) is 29.6 Å². The van der Waals surface area contributed by atoms with Crippen LogP contribution in [0.2, 0.25) is 0 Å². The largest absolute Gasteiger partial charge is 0.358 e. The van der Waals surface area contributed by atoms with Crippen LogP contribution in [0.15, 0.2) is 36.4 Å². The molecule has 0 saturated heterocycles. The first-order chi connectivity index (χ1) is 10.6. The molecule has 1 aromatic heterocycles. The van der Waals surface area contributed by atoms with Crippen molar-refractivity contribution in [2.75, 3.05) is 0 Å². The first-order valence-corrected chi connectivity index (χ1v) is 7.92. The molecule has 0 spiro atoms. The lowest BCUT2D eigenvalue weighted by atomic mass is 9.98. The third-order valence-corrected chi connectivity index (χ3v) is 5.61. The second-order valence-corrected chi connectivity index (χ2v) is 7.14. The average molecular weight is 288 g/mol. The van der Waals surface area contributed by atoms with Crippen LogP contribution in [-0.2, 0) is 0 Å². The highest BCUT2D eigenvalue weighted by Crippen LogP contribution is 2.67. The molecule has 1 aliphatic carbocycles. The summed E-state index contributed by atoms with van der Waals surface area (Å²) in [5, 5.41) is 13.0. The summed E-state index contributed by atoms with van der Waals surface area (Å²) < 4.78 is 0. The van der Waals surface area contributed by atoms with Crippen molar-refractivity contribution in [1.82, 2.24) is 4.98 Å². The number of nitrogens with one attached hydrogen (secondary N) is 1. The van der Waals surface area contributed by atoms with Crippen molar-refractivity contribution in [2.45, 2.75) is 33.1 Å². The highest BCUT2D eigenvalue weighted by Gasteiger charge is 2.58. The summed E-state index contributed by atoms with van der Waals surface area (Å²) in [6, 6.07) is 15.3. The molecule has 1 aliphatic rings. The fourth-order valence-electron chi connectivity index (χ4n) is 4.28. The zero-order valence-corrected chi connectivity index (χ0v) is 13.3. The second kappa shape index (κ2) is 4.36. The molecule has 0 unspecified atom stereocenters. The molecule has 1 heterocycles. The summed E-state index contributed by atoms with van der Waals surface area (Å²) in [5.41, 5.74) is 4.14. The molecule has 3 aromatic rings. The molecule has 2 aromatic carbocycles. The smallest absolute Gasteiger partial charge is 0.0625 e. The van der Waals surface area contributed by atoms with E-state index in [2.05, 4.69) is 68.2 Å². The molecule has 0 amide bonds. The lowest BCUT2D eigenvalue weighted by Crippen LogP contribution is -1.91. The molecule has 2 atom stereocenters. The number of hydrogen-bond acceptors (Lipinski definition) is 1. The fourth-order valence-corrected chi connectivity index (χ4v) is 4.28. The average Bonchev–Trinajstić information content (AvgIpc) is 2.87. The molecule has 0 bridgehead atoms. The van der Waals surface area contributed by atoms with Gasteiger partial charge < -0.3 is 4.98 Å². The Morgan fingerprint density at radius 3 is 2.68 bits per heavy atom. The van der Waals surface area contributed by atoms with E-state index >= 15 is 0 Å². The quantitative estimate of drug-likeness (QED) is 0.684. The maximum Gasteiger partial charge on any atom is 0.0625 e. The second-order valence-electron chi connectivity index (χ2n) is 7.14. The molecule has 22 heavy (non-hydrogen) atoms. The lowest BCUT2D eigenvalue weighted by Gasteiger charge is -2.04. The number of nitrogens with zero attached hydrogens (tertiary/aromatic N) is 1. The van der Waals surface area contributed by atoms with Crippen molar-refractivity contribution in [3.63, 3.8) is 0 Å². The number of nitriles is 1. The number of H-pyrrole nitrogens is 1. The number of hydrogen-bond donors (Lipinski definition) is 1. The van der Waals surface area contributed by atoms with Gasteiger partial charge in [-0.1, -0.05) is 50.2 Å². The van der Waals surface area contributed by atoms with E-state index in [4.69, 9.17) is 5.26 Å². The van der Waals surface area contributed by atoms with Crippen molar-refractivity contribution in [3.05, 3.63) is 47.7 Å². The minimum Gasteiger partial charge on any atom is -0.358 e. The van der Waals surface area contributed by atoms with Gasteiger partial charge in [0.15, 0.2) is 0 Å². The van der Waals surface area contributed by atoms with Crippen molar-refractivity contribution >= 4 is 21.7 Å². The Morgan fingerprint density at radius 2 is 1.91 bits per heavy atom. The minimum absolute atomic E-state index is 0.223. The third-order valence-electron chi connectivity index (χ3n) is 5.61. The first-order valence-electron chi connectivity index (χ1n) is 7.92. The highest BCUT2D eigenvalue weighted by molar-refractivity contribution is 6.07. The molecule has 2 nitrogen and oxygen atoms in total. The topological polar surface area (TPSA) is 39.6 Å². The van der Waals surface area contributed by atoms with Gasteiger partial charge >= 0.3 is 0 Å². The zero-order chi connectivity index (χ0) is 15.5. The third kappa shape index (κ3) is 1.66. The van der Waals surface area contributed by atoms with Gasteiger partial charge in [0.2, 0.25) is 0 Å². The Hall–Kier alpha value is -2.27. The summed E-state index contributed by atoms with van der Waals surface area (Å²) in [4.78, 5) is 3.61. The summed E-state index contributed by atoms with van der Waals surface area (Å²) in [6.45, 7) is 6.75. The number of aromatic amines is 1. The number of benzene rings is 2. The van der Waals surface area contributed by atoms with Gasteiger partial charge in [0.1, 0.15) is 0 Å². The van der Waals surface area contributed by atoms with Crippen molar-refractivity contribution < 1.29 is 0 Å². The van der Waals surface area contributed by atoms with Gasteiger partial charge in [-0.05, 0) is 35.1 Å².